The van der Waals surface area contributed by atoms with E-state index in [-0.39, 0.29) is 19.6 Å². The number of carboxylic acid groups (broad SMARTS) is 1. The first-order valence-corrected chi connectivity index (χ1v) is 6.19. The average molecular weight is 302 g/mol. The van der Waals surface area contributed by atoms with Crippen LogP contribution in [0.25, 0.3) is 0 Å². The SMILES string of the molecule is O=C(O)C1CN(C(=O)NCc2cccc(C(F)(F)F)c2)C1. The first kappa shape index (κ1) is 15.1. The number of likely N-dealkylation sites (tertiary alicyclic amines) is 1. The summed E-state index contributed by atoms with van der Waals surface area (Å²) in [4.78, 5) is 23.5. The van der Waals surface area contributed by atoms with E-state index in [1.807, 2.05) is 0 Å². The Bertz CT molecular complexity index is 554. The molecule has 1 aliphatic rings. The van der Waals surface area contributed by atoms with Crippen molar-refractivity contribution in [3.05, 3.63) is 35.4 Å². The van der Waals surface area contributed by atoms with Crippen LogP contribution in [0.2, 0.25) is 0 Å². The zero-order chi connectivity index (χ0) is 15.6. The van der Waals surface area contributed by atoms with E-state index in [1.54, 1.807) is 0 Å². The van der Waals surface area contributed by atoms with Gasteiger partial charge in [-0.15, -0.1) is 0 Å². The number of nitrogens with zero attached hydrogens (tertiary/aromatic N) is 1. The fraction of sp³-hybridized carbons (Fsp3) is 0.385. The van der Waals surface area contributed by atoms with Crippen molar-refractivity contribution in [2.75, 3.05) is 13.1 Å². The molecule has 2 rings (SSSR count). The van der Waals surface area contributed by atoms with Crippen LogP contribution in [0.3, 0.4) is 0 Å². The topological polar surface area (TPSA) is 69.6 Å². The Labute approximate surface area is 118 Å². The molecule has 0 unspecified atom stereocenters. The van der Waals surface area contributed by atoms with Crippen molar-refractivity contribution < 1.29 is 27.9 Å². The van der Waals surface area contributed by atoms with Gasteiger partial charge in [0.1, 0.15) is 0 Å². The number of amides is 2. The second kappa shape index (κ2) is 5.63. The van der Waals surface area contributed by atoms with Gasteiger partial charge < -0.3 is 15.3 Å². The van der Waals surface area contributed by atoms with Crippen molar-refractivity contribution in [2.24, 2.45) is 5.92 Å². The van der Waals surface area contributed by atoms with Gasteiger partial charge in [0.25, 0.3) is 0 Å². The molecule has 1 saturated heterocycles. The molecule has 0 atom stereocenters. The fourth-order valence-corrected chi connectivity index (χ4v) is 1.95. The predicted octanol–water partition coefficient (Wildman–Crippen LogP) is 1.93. The first-order valence-electron chi connectivity index (χ1n) is 6.19. The summed E-state index contributed by atoms with van der Waals surface area (Å²) in [5, 5.41) is 11.1. The maximum Gasteiger partial charge on any atom is 0.416 e. The van der Waals surface area contributed by atoms with E-state index in [0.29, 0.717) is 5.56 Å². The molecule has 1 aliphatic heterocycles. The van der Waals surface area contributed by atoms with Crippen LogP contribution in [-0.2, 0) is 17.5 Å². The molecule has 1 aromatic carbocycles. The summed E-state index contributed by atoms with van der Waals surface area (Å²) >= 11 is 0. The normalized spacial score (nSPS) is 15.5. The Kier molecular flexibility index (Phi) is 4.06. The number of alkyl halides is 3. The summed E-state index contributed by atoms with van der Waals surface area (Å²) in [6, 6.07) is 4.19. The number of carboxylic acids is 1. The van der Waals surface area contributed by atoms with Crippen molar-refractivity contribution in [2.45, 2.75) is 12.7 Å². The Morgan fingerprint density at radius 2 is 2.00 bits per heavy atom. The van der Waals surface area contributed by atoms with E-state index in [4.69, 9.17) is 5.11 Å². The van der Waals surface area contributed by atoms with Crippen LogP contribution in [0.4, 0.5) is 18.0 Å². The lowest BCUT2D eigenvalue weighted by Gasteiger charge is -2.36. The maximum atomic E-state index is 12.5. The fourth-order valence-electron chi connectivity index (χ4n) is 1.95. The second-order valence-electron chi connectivity index (χ2n) is 4.80. The summed E-state index contributed by atoms with van der Waals surface area (Å²) in [6.07, 6.45) is -4.42. The van der Waals surface area contributed by atoms with Crippen LogP contribution >= 0.6 is 0 Å². The van der Waals surface area contributed by atoms with Crippen LogP contribution in [-0.4, -0.2) is 35.1 Å². The molecular formula is C13H13F3N2O3. The van der Waals surface area contributed by atoms with E-state index in [0.717, 1.165) is 12.1 Å². The molecule has 0 spiro atoms. The average Bonchev–Trinajstić information content (AvgIpc) is 2.33. The molecule has 1 aromatic rings. The highest BCUT2D eigenvalue weighted by atomic mass is 19.4. The molecule has 8 heteroatoms. The zero-order valence-corrected chi connectivity index (χ0v) is 10.9. The lowest BCUT2D eigenvalue weighted by molar-refractivity contribution is -0.146. The number of aliphatic carboxylic acids is 1. The van der Waals surface area contributed by atoms with Crippen LogP contribution < -0.4 is 5.32 Å². The van der Waals surface area contributed by atoms with E-state index >= 15 is 0 Å². The third-order valence-corrected chi connectivity index (χ3v) is 3.22. The molecule has 1 heterocycles. The highest BCUT2D eigenvalue weighted by molar-refractivity contribution is 5.79. The van der Waals surface area contributed by atoms with Gasteiger partial charge in [-0.2, -0.15) is 13.2 Å². The molecule has 0 aromatic heterocycles. The standard InChI is InChI=1S/C13H13F3N2O3/c14-13(15,16)10-3-1-2-8(4-10)5-17-12(21)18-6-9(7-18)11(19)20/h1-4,9H,5-7H2,(H,17,21)(H,19,20). The zero-order valence-electron chi connectivity index (χ0n) is 10.9. The highest BCUT2D eigenvalue weighted by Crippen LogP contribution is 2.29. The number of benzene rings is 1. The molecule has 5 nitrogen and oxygen atoms in total. The Morgan fingerprint density at radius 1 is 1.33 bits per heavy atom. The van der Waals surface area contributed by atoms with Gasteiger partial charge in [-0.1, -0.05) is 12.1 Å². The molecule has 2 N–H and O–H groups in total. The van der Waals surface area contributed by atoms with E-state index in [1.165, 1.54) is 17.0 Å². The van der Waals surface area contributed by atoms with Gasteiger partial charge in [-0.25, -0.2) is 4.79 Å². The van der Waals surface area contributed by atoms with Crippen LogP contribution in [0.15, 0.2) is 24.3 Å². The molecule has 0 saturated carbocycles. The molecule has 0 radical (unpaired) electrons. The number of hydrogen-bond acceptors (Lipinski definition) is 2. The molecule has 0 aliphatic carbocycles. The minimum atomic E-state index is -4.42. The predicted molar refractivity (Wildman–Crippen MR) is 66.4 cm³/mol. The van der Waals surface area contributed by atoms with Crippen LogP contribution in [0, 0.1) is 5.92 Å². The van der Waals surface area contributed by atoms with Crippen molar-refractivity contribution in [1.29, 1.82) is 0 Å². The van der Waals surface area contributed by atoms with Gasteiger partial charge in [-0.3, -0.25) is 4.79 Å². The van der Waals surface area contributed by atoms with Crippen LogP contribution in [0.5, 0.6) is 0 Å². The third-order valence-electron chi connectivity index (χ3n) is 3.22. The molecule has 0 bridgehead atoms. The van der Waals surface area contributed by atoms with E-state index in [2.05, 4.69) is 5.32 Å². The van der Waals surface area contributed by atoms with Gasteiger partial charge in [0.2, 0.25) is 0 Å². The minimum Gasteiger partial charge on any atom is -0.481 e. The number of carbonyl (C=O) groups is 2. The number of carbonyl (C=O) groups excluding carboxylic acids is 1. The van der Waals surface area contributed by atoms with Gasteiger partial charge >= 0.3 is 18.2 Å². The lowest BCUT2D eigenvalue weighted by Crippen LogP contribution is -2.56. The molecule has 2 amide bonds. The summed E-state index contributed by atoms with van der Waals surface area (Å²) in [5.74, 6) is -1.53. The Balaban J connectivity index is 1.86. The van der Waals surface area contributed by atoms with E-state index < -0.39 is 29.7 Å². The summed E-state index contributed by atoms with van der Waals surface area (Å²) < 4.78 is 37.6. The van der Waals surface area contributed by atoms with E-state index in [9.17, 15) is 22.8 Å². The van der Waals surface area contributed by atoms with Crippen molar-refractivity contribution >= 4 is 12.0 Å². The van der Waals surface area contributed by atoms with Crippen molar-refractivity contribution in [3.63, 3.8) is 0 Å². The molecular weight excluding hydrogens is 289 g/mol. The lowest BCUT2D eigenvalue weighted by atomic mass is 10.0. The summed E-state index contributed by atoms with van der Waals surface area (Å²) in [5.41, 5.74) is -0.447. The summed E-state index contributed by atoms with van der Waals surface area (Å²) in [7, 11) is 0. The number of halogens is 3. The molecule has 21 heavy (non-hydrogen) atoms. The van der Waals surface area contributed by atoms with Gasteiger partial charge in [0.05, 0.1) is 11.5 Å². The molecule has 114 valence electrons. The first-order chi connectivity index (χ1) is 9.77. The van der Waals surface area contributed by atoms with Gasteiger partial charge in [0.15, 0.2) is 0 Å². The quantitative estimate of drug-likeness (QED) is 0.896. The number of hydrogen-bond donors (Lipinski definition) is 2. The van der Waals surface area contributed by atoms with Crippen molar-refractivity contribution in [3.8, 4) is 0 Å². The van der Waals surface area contributed by atoms with Gasteiger partial charge in [0, 0.05) is 19.6 Å². The second-order valence-corrected chi connectivity index (χ2v) is 4.80. The Hall–Kier alpha value is -2.25. The number of rotatable bonds is 3. The number of urea groups is 1. The highest BCUT2D eigenvalue weighted by Gasteiger charge is 2.35. The van der Waals surface area contributed by atoms with Crippen molar-refractivity contribution in [1.82, 2.24) is 10.2 Å². The minimum absolute atomic E-state index is 0.0447. The number of nitrogens with one attached hydrogen (secondary N) is 1. The maximum absolute atomic E-state index is 12.5. The summed E-state index contributed by atoms with van der Waals surface area (Å²) in [6.45, 7) is 0.185. The largest absolute Gasteiger partial charge is 0.481 e. The van der Waals surface area contributed by atoms with Crippen LogP contribution in [0.1, 0.15) is 11.1 Å². The van der Waals surface area contributed by atoms with Gasteiger partial charge in [-0.05, 0) is 17.7 Å². The molecule has 1 fully saturated rings. The smallest absolute Gasteiger partial charge is 0.416 e. The Morgan fingerprint density at radius 3 is 2.57 bits per heavy atom. The monoisotopic (exact) mass is 302 g/mol. The third kappa shape index (κ3) is 3.65.